The number of amides is 1. The highest BCUT2D eigenvalue weighted by atomic mass is 79.9. The van der Waals surface area contributed by atoms with Crippen molar-refractivity contribution in [2.45, 2.75) is 46.4 Å². The Kier molecular flexibility index (Phi) is 6.05. The van der Waals surface area contributed by atoms with Crippen LogP contribution in [0.15, 0.2) is 40.1 Å². The molecule has 1 N–H and O–H groups in total. The van der Waals surface area contributed by atoms with E-state index in [1.54, 1.807) is 10.9 Å². The summed E-state index contributed by atoms with van der Waals surface area (Å²) in [6.07, 6.45) is 6.61. The van der Waals surface area contributed by atoms with Gasteiger partial charge in [-0.1, -0.05) is 29.8 Å². The summed E-state index contributed by atoms with van der Waals surface area (Å²) in [7, 11) is 0. The van der Waals surface area contributed by atoms with Gasteiger partial charge >= 0.3 is 6.09 Å². The summed E-state index contributed by atoms with van der Waals surface area (Å²) in [5.41, 5.74) is -0.536. The summed E-state index contributed by atoms with van der Waals surface area (Å²) in [5, 5.41) is 7.04. The molecule has 3 heterocycles. The van der Waals surface area contributed by atoms with Crippen LogP contribution in [0.1, 0.15) is 34.6 Å². The number of carbonyl (C=O) groups is 1. The van der Waals surface area contributed by atoms with Crippen LogP contribution in [0.25, 0.3) is 5.82 Å². The lowest BCUT2D eigenvalue weighted by Gasteiger charge is -2.26. The van der Waals surface area contributed by atoms with E-state index in [2.05, 4.69) is 31.3 Å². The maximum Gasteiger partial charge on any atom is 0.409 e. The zero-order chi connectivity index (χ0) is 18.6. The van der Waals surface area contributed by atoms with Gasteiger partial charge in [-0.2, -0.15) is 5.10 Å². The van der Waals surface area contributed by atoms with E-state index >= 15 is 0 Å². The molecular weight excluding hydrogens is 386 g/mol. The minimum absolute atomic E-state index is 0.367. The van der Waals surface area contributed by atoms with Crippen molar-refractivity contribution in [3.8, 4) is 0 Å². The summed E-state index contributed by atoms with van der Waals surface area (Å²) >= 11 is 3.49. The second-order valence-electron chi connectivity index (χ2n) is 6.24. The number of ether oxygens (including phenoxy) is 1. The molecule has 0 fully saturated rings. The Morgan fingerprint density at radius 3 is 2.68 bits per heavy atom. The molecule has 136 valence electrons. The van der Waals surface area contributed by atoms with E-state index in [0.29, 0.717) is 6.54 Å². The number of aromatic nitrogens is 2. The van der Waals surface area contributed by atoms with Gasteiger partial charge in [0.2, 0.25) is 0 Å². The molecule has 0 aromatic carbocycles. The average molecular weight is 410 g/mol. The Bertz CT molecular complexity index is 701. The van der Waals surface area contributed by atoms with Crippen LogP contribution < -0.4 is 5.32 Å². The fourth-order valence-corrected chi connectivity index (χ4v) is 2.75. The van der Waals surface area contributed by atoms with Gasteiger partial charge in [-0.05, 0) is 39.0 Å². The first-order valence-electron chi connectivity index (χ1n) is 8.25. The molecule has 1 unspecified atom stereocenters. The fraction of sp³-hybridized carbons (Fsp3) is 0.471. The number of alkyl carbamates (subject to hydrolysis) is 1. The van der Waals surface area contributed by atoms with Gasteiger partial charge in [-0.3, -0.25) is 5.32 Å². The Morgan fingerprint density at radius 2 is 2.08 bits per heavy atom. The maximum absolute atomic E-state index is 11.9. The summed E-state index contributed by atoms with van der Waals surface area (Å²) in [6, 6.07) is 1.86. The van der Waals surface area contributed by atoms with Gasteiger partial charge in [0, 0.05) is 16.9 Å². The van der Waals surface area contributed by atoms with E-state index in [0.717, 1.165) is 16.1 Å². The van der Waals surface area contributed by atoms with Gasteiger partial charge < -0.3 is 9.64 Å². The number of aliphatic imine (C=N–C) groups is 1. The SMILES string of the molecule is CC.CC(C)(C)OC(=O)NC1CN2C(n3cccn3)=CC(Br)=CC2=N1. The molecule has 25 heavy (non-hydrogen) atoms. The fourth-order valence-electron chi connectivity index (χ4n) is 2.34. The van der Waals surface area contributed by atoms with Crippen molar-refractivity contribution in [2.75, 3.05) is 6.54 Å². The van der Waals surface area contributed by atoms with Crippen molar-refractivity contribution in [1.82, 2.24) is 20.0 Å². The van der Waals surface area contributed by atoms with E-state index in [1.807, 2.05) is 63.9 Å². The topological polar surface area (TPSA) is 71.8 Å². The predicted octanol–water partition coefficient (Wildman–Crippen LogP) is 3.57. The maximum atomic E-state index is 11.9. The smallest absolute Gasteiger partial charge is 0.409 e. The Morgan fingerprint density at radius 1 is 1.36 bits per heavy atom. The first-order valence-corrected chi connectivity index (χ1v) is 9.05. The molecule has 8 heteroatoms. The van der Waals surface area contributed by atoms with Crippen molar-refractivity contribution in [3.63, 3.8) is 0 Å². The highest BCUT2D eigenvalue weighted by molar-refractivity contribution is 9.11. The van der Waals surface area contributed by atoms with Crippen molar-refractivity contribution in [3.05, 3.63) is 35.1 Å². The molecule has 0 spiro atoms. The van der Waals surface area contributed by atoms with Gasteiger partial charge in [0.05, 0.1) is 6.54 Å². The zero-order valence-electron chi connectivity index (χ0n) is 15.2. The van der Waals surface area contributed by atoms with Crippen molar-refractivity contribution in [2.24, 2.45) is 4.99 Å². The van der Waals surface area contributed by atoms with Gasteiger partial charge in [0.15, 0.2) is 0 Å². The van der Waals surface area contributed by atoms with Crippen LogP contribution in [-0.4, -0.2) is 44.9 Å². The monoisotopic (exact) mass is 409 g/mol. The van der Waals surface area contributed by atoms with Gasteiger partial charge in [-0.15, -0.1) is 0 Å². The number of nitrogens with zero attached hydrogens (tertiary/aromatic N) is 4. The number of allylic oxidation sites excluding steroid dienone is 2. The number of carbonyl (C=O) groups excluding carboxylic acids is 1. The molecule has 0 saturated heterocycles. The number of hydrogen-bond donors (Lipinski definition) is 1. The summed E-state index contributed by atoms with van der Waals surface area (Å²) in [4.78, 5) is 18.4. The molecule has 0 saturated carbocycles. The summed E-state index contributed by atoms with van der Waals surface area (Å²) < 4.78 is 7.94. The van der Waals surface area contributed by atoms with E-state index in [4.69, 9.17) is 4.74 Å². The Labute approximate surface area is 156 Å². The van der Waals surface area contributed by atoms with Crippen LogP contribution in [0, 0.1) is 0 Å². The van der Waals surface area contributed by atoms with E-state index < -0.39 is 11.7 Å². The van der Waals surface area contributed by atoms with Gasteiger partial charge in [0.1, 0.15) is 23.4 Å². The molecule has 2 aliphatic heterocycles. The minimum atomic E-state index is -0.536. The van der Waals surface area contributed by atoms with Crippen molar-refractivity contribution in [1.29, 1.82) is 0 Å². The van der Waals surface area contributed by atoms with Crippen LogP contribution in [0.2, 0.25) is 0 Å². The molecule has 0 radical (unpaired) electrons. The molecule has 1 aromatic rings. The third kappa shape index (κ3) is 4.94. The quantitative estimate of drug-likeness (QED) is 0.809. The third-order valence-corrected chi connectivity index (χ3v) is 3.61. The van der Waals surface area contributed by atoms with Gasteiger partial charge in [-0.25, -0.2) is 14.5 Å². The lowest BCUT2D eigenvalue weighted by molar-refractivity contribution is 0.0506. The molecule has 1 aromatic heterocycles. The van der Waals surface area contributed by atoms with E-state index in [9.17, 15) is 4.79 Å². The summed E-state index contributed by atoms with van der Waals surface area (Å²) in [6.45, 7) is 10.0. The zero-order valence-corrected chi connectivity index (χ0v) is 16.7. The standard InChI is InChI=1S/C15H18BrN5O2.C2H6/c1-15(2,3)23-14(22)19-11-9-20-12(18-11)7-10(16)8-13(20)21-6-4-5-17-21;1-2/h4-8,11H,9H2,1-3H3,(H,19,22);1-2H3. The number of amidine groups is 1. The number of fused-ring (bicyclic) bond motifs is 1. The third-order valence-electron chi connectivity index (χ3n) is 3.15. The van der Waals surface area contributed by atoms with Gasteiger partial charge in [0.25, 0.3) is 0 Å². The lowest BCUT2D eigenvalue weighted by Crippen LogP contribution is -2.41. The Balaban J connectivity index is 0.00000109. The largest absolute Gasteiger partial charge is 0.444 e. The average Bonchev–Trinajstić information content (AvgIpc) is 3.15. The molecule has 0 aliphatic carbocycles. The lowest BCUT2D eigenvalue weighted by atomic mass is 10.2. The molecule has 3 rings (SSSR count). The minimum Gasteiger partial charge on any atom is -0.444 e. The van der Waals surface area contributed by atoms with E-state index in [1.165, 1.54) is 0 Å². The van der Waals surface area contributed by atoms with Crippen LogP contribution in [-0.2, 0) is 4.74 Å². The van der Waals surface area contributed by atoms with Crippen LogP contribution in [0.4, 0.5) is 4.79 Å². The number of nitrogens with one attached hydrogen (secondary N) is 1. The highest BCUT2D eigenvalue weighted by Gasteiger charge is 2.31. The van der Waals surface area contributed by atoms with Crippen molar-refractivity contribution >= 4 is 33.7 Å². The molecule has 0 bridgehead atoms. The number of rotatable bonds is 2. The molecule has 1 amide bonds. The highest BCUT2D eigenvalue weighted by Crippen LogP contribution is 2.27. The first-order chi connectivity index (χ1) is 11.8. The second-order valence-corrected chi connectivity index (χ2v) is 7.16. The van der Waals surface area contributed by atoms with Crippen LogP contribution >= 0.6 is 15.9 Å². The van der Waals surface area contributed by atoms with Crippen LogP contribution in [0.5, 0.6) is 0 Å². The Hall–Kier alpha value is -2.09. The summed E-state index contributed by atoms with van der Waals surface area (Å²) in [5.74, 6) is 1.64. The second kappa shape index (κ2) is 7.86. The predicted molar refractivity (Wildman–Crippen MR) is 102 cm³/mol. The molecular formula is C17H24BrN5O2. The molecule has 2 aliphatic rings. The van der Waals surface area contributed by atoms with Crippen molar-refractivity contribution < 1.29 is 9.53 Å². The molecule has 1 atom stereocenters. The number of halogens is 1. The first kappa shape index (κ1) is 19.2. The number of hydrogen-bond acceptors (Lipinski definition) is 5. The molecule has 7 nitrogen and oxygen atoms in total. The van der Waals surface area contributed by atoms with E-state index in [-0.39, 0.29) is 6.17 Å². The normalized spacial score (nSPS) is 19.0. The van der Waals surface area contributed by atoms with Crippen LogP contribution in [0.3, 0.4) is 0 Å².